The van der Waals surface area contributed by atoms with Gasteiger partial charge < -0.3 is 15.4 Å². The molecule has 4 rings (SSSR count). The Bertz CT molecular complexity index is 1070. The van der Waals surface area contributed by atoms with Crippen molar-refractivity contribution in [1.29, 1.82) is 0 Å². The smallest absolute Gasteiger partial charge is 0.338 e. The maximum Gasteiger partial charge on any atom is 0.338 e. The van der Waals surface area contributed by atoms with Crippen molar-refractivity contribution >= 4 is 23.2 Å². The molecule has 1 fully saturated rings. The summed E-state index contributed by atoms with van der Waals surface area (Å²) >= 11 is 0. The van der Waals surface area contributed by atoms with Crippen LogP contribution in [0.25, 0.3) is 5.65 Å². The minimum Gasteiger partial charge on any atom is -0.460 e. The third-order valence-electron chi connectivity index (χ3n) is 5.02. The minimum atomic E-state index is -0.402. The average molecular weight is 393 g/mol. The van der Waals surface area contributed by atoms with Crippen molar-refractivity contribution in [2.45, 2.75) is 32.7 Å². The Morgan fingerprint density at radius 1 is 1.31 bits per heavy atom. The van der Waals surface area contributed by atoms with Gasteiger partial charge in [0.25, 0.3) is 5.91 Å². The topological polar surface area (TPSA) is 97.6 Å². The van der Waals surface area contributed by atoms with E-state index in [2.05, 4.69) is 20.7 Å². The van der Waals surface area contributed by atoms with Gasteiger partial charge in [-0.2, -0.15) is 5.10 Å². The summed E-state index contributed by atoms with van der Waals surface area (Å²) in [5, 5.41) is 10.5. The number of nitrogens with zero attached hydrogens (tertiary/aromatic N) is 3. The predicted molar refractivity (Wildman–Crippen MR) is 108 cm³/mol. The molecule has 0 radical (unpaired) electrons. The summed E-state index contributed by atoms with van der Waals surface area (Å²) < 4.78 is 7.04. The van der Waals surface area contributed by atoms with E-state index in [4.69, 9.17) is 4.74 Å². The number of rotatable bonds is 5. The molecule has 2 N–H and O–H groups in total. The summed E-state index contributed by atoms with van der Waals surface area (Å²) in [6, 6.07) is 8.80. The van der Waals surface area contributed by atoms with Crippen LogP contribution >= 0.6 is 0 Å². The van der Waals surface area contributed by atoms with Crippen molar-refractivity contribution in [2.24, 2.45) is 0 Å². The molecule has 1 aliphatic heterocycles. The normalized spacial score (nSPS) is 16.1. The summed E-state index contributed by atoms with van der Waals surface area (Å²) in [5.41, 5.74) is 3.55. The first-order valence-corrected chi connectivity index (χ1v) is 9.65. The lowest BCUT2D eigenvalue weighted by atomic mass is 10.2. The number of aromatic nitrogens is 3. The molecule has 150 valence electrons. The predicted octanol–water partition coefficient (Wildman–Crippen LogP) is 2.51. The third kappa shape index (κ3) is 4.12. The second-order valence-electron chi connectivity index (χ2n) is 7.24. The molecule has 2 aromatic heterocycles. The van der Waals surface area contributed by atoms with Crippen LogP contribution in [0.15, 0.2) is 36.5 Å². The Hall–Kier alpha value is -3.26. The highest BCUT2D eigenvalue weighted by Crippen LogP contribution is 2.16. The molecule has 1 unspecified atom stereocenters. The highest BCUT2D eigenvalue weighted by molar-refractivity contribution is 6.05. The van der Waals surface area contributed by atoms with Crippen LogP contribution in [0.1, 0.15) is 44.9 Å². The average Bonchev–Trinajstić information content (AvgIpc) is 3.35. The van der Waals surface area contributed by atoms with Crippen molar-refractivity contribution in [3.63, 3.8) is 0 Å². The van der Waals surface area contributed by atoms with E-state index in [9.17, 15) is 9.59 Å². The highest BCUT2D eigenvalue weighted by atomic mass is 16.5. The molecule has 1 aromatic carbocycles. The van der Waals surface area contributed by atoms with Gasteiger partial charge in [0.15, 0.2) is 5.65 Å². The van der Waals surface area contributed by atoms with Gasteiger partial charge in [0.05, 0.1) is 22.5 Å². The first-order valence-electron chi connectivity index (χ1n) is 9.65. The molecule has 1 atom stereocenters. The van der Waals surface area contributed by atoms with Gasteiger partial charge in [0.1, 0.15) is 6.61 Å². The van der Waals surface area contributed by atoms with Crippen LogP contribution in [0, 0.1) is 13.8 Å². The Morgan fingerprint density at radius 2 is 2.17 bits per heavy atom. The van der Waals surface area contributed by atoms with E-state index in [0.717, 1.165) is 25.1 Å². The van der Waals surface area contributed by atoms with E-state index >= 15 is 0 Å². The zero-order valence-electron chi connectivity index (χ0n) is 16.4. The van der Waals surface area contributed by atoms with Crippen LogP contribution in [0.5, 0.6) is 0 Å². The summed E-state index contributed by atoms with van der Waals surface area (Å²) in [5.74, 6) is -0.716. The quantitative estimate of drug-likeness (QED) is 0.647. The monoisotopic (exact) mass is 393 g/mol. The molecule has 3 heterocycles. The number of amides is 1. The molecule has 1 saturated heterocycles. The molecule has 8 nitrogen and oxygen atoms in total. The highest BCUT2D eigenvalue weighted by Gasteiger charge is 2.18. The number of nitrogens with one attached hydrogen (secondary N) is 2. The zero-order chi connectivity index (χ0) is 20.4. The Balaban J connectivity index is 1.46. The number of benzene rings is 1. The van der Waals surface area contributed by atoms with Crippen LogP contribution in [0.4, 0.5) is 5.69 Å². The van der Waals surface area contributed by atoms with E-state index in [-0.39, 0.29) is 11.9 Å². The number of ether oxygens (including phenoxy) is 1. The largest absolute Gasteiger partial charge is 0.460 e. The molecule has 0 saturated carbocycles. The van der Waals surface area contributed by atoms with Gasteiger partial charge in [-0.1, -0.05) is 6.07 Å². The van der Waals surface area contributed by atoms with Crippen LogP contribution in [0.2, 0.25) is 0 Å². The number of carbonyl (C=O) groups excluding carboxylic acids is 2. The van der Waals surface area contributed by atoms with Crippen molar-refractivity contribution in [3.8, 4) is 0 Å². The number of esters is 1. The van der Waals surface area contributed by atoms with Gasteiger partial charge in [0, 0.05) is 24.0 Å². The maximum atomic E-state index is 12.7. The van der Waals surface area contributed by atoms with Gasteiger partial charge >= 0.3 is 5.97 Å². The fraction of sp³-hybridized carbons (Fsp3) is 0.333. The molecule has 8 heteroatoms. The number of carbonyl (C=O) groups is 2. The second kappa shape index (κ2) is 8.00. The molecular weight excluding hydrogens is 370 g/mol. The van der Waals surface area contributed by atoms with Gasteiger partial charge in [-0.3, -0.25) is 4.79 Å². The molecule has 1 amide bonds. The molecular formula is C21H23N5O3. The fourth-order valence-corrected chi connectivity index (χ4v) is 3.47. The number of anilines is 1. The molecule has 0 aliphatic carbocycles. The van der Waals surface area contributed by atoms with Crippen molar-refractivity contribution in [2.75, 3.05) is 18.5 Å². The van der Waals surface area contributed by atoms with Crippen molar-refractivity contribution in [1.82, 2.24) is 19.9 Å². The van der Waals surface area contributed by atoms with Crippen molar-refractivity contribution < 1.29 is 14.3 Å². The summed E-state index contributed by atoms with van der Waals surface area (Å²) in [7, 11) is 0. The molecule has 0 spiro atoms. The molecule has 0 bridgehead atoms. The second-order valence-corrected chi connectivity index (χ2v) is 7.24. The number of hydrogen-bond acceptors (Lipinski definition) is 6. The SMILES string of the molecule is Cc1cc2ncc(C(=O)Nc3cccc(C(=O)OCC4CCCN4)c3)c(C)n2n1. The molecule has 1 aliphatic rings. The van der Waals surface area contributed by atoms with Gasteiger partial charge in [-0.25, -0.2) is 14.3 Å². The van der Waals surface area contributed by atoms with E-state index in [0.29, 0.717) is 34.8 Å². The molecule has 29 heavy (non-hydrogen) atoms. The third-order valence-corrected chi connectivity index (χ3v) is 5.02. The lowest BCUT2D eigenvalue weighted by molar-refractivity contribution is 0.0473. The van der Waals surface area contributed by atoms with Crippen LogP contribution in [-0.4, -0.2) is 45.7 Å². The van der Waals surface area contributed by atoms with Crippen LogP contribution < -0.4 is 10.6 Å². The van der Waals surface area contributed by atoms with Crippen LogP contribution in [0.3, 0.4) is 0 Å². The standard InChI is InChI=1S/C21H23N5O3/c1-13-9-19-23-11-18(14(2)26(19)25-13)20(27)24-16-6-3-5-15(10-16)21(28)29-12-17-7-4-8-22-17/h3,5-6,9-11,17,22H,4,7-8,12H2,1-2H3,(H,24,27). The first-order chi connectivity index (χ1) is 14.0. The summed E-state index contributed by atoms with van der Waals surface area (Å²) in [6.07, 6.45) is 3.65. The fourth-order valence-electron chi connectivity index (χ4n) is 3.47. The van der Waals surface area contributed by atoms with Gasteiger partial charge in [-0.15, -0.1) is 0 Å². The van der Waals surface area contributed by atoms with Gasteiger partial charge in [-0.05, 0) is 51.4 Å². The van der Waals surface area contributed by atoms with E-state index in [1.165, 1.54) is 6.20 Å². The van der Waals surface area contributed by atoms with Gasteiger partial charge in [0.2, 0.25) is 0 Å². The molecule has 3 aromatic rings. The van der Waals surface area contributed by atoms with E-state index in [1.807, 2.05) is 19.9 Å². The summed E-state index contributed by atoms with van der Waals surface area (Å²) in [6.45, 7) is 5.01. The van der Waals surface area contributed by atoms with Crippen LogP contribution in [-0.2, 0) is 4.74 Å². The number of hydrogen-bond donors (Lipinski definition) is 2. The lowest BCUT2D eigenvalue weighted by Crippen LogP contribution is -2.28. The maximum absolute atomic E-state index is 12.7. The Kier molecular flexibility index (Phi) is 5.26. The minimum absolute atomic E-state index is 0.221. The Labute approximate surface area is 168 Å². The number of fused-ring (bicyclic) bond motifs is 1. The Morgan fingerprint density at radius 3 is 2.97 bits per heavy atom. The number of aryl methyl sites for hydroxylation is 2. The summed E-state index contributed by atoms with van der Waals surface area (Å²) in [4.78, 5) is 29.4. The van der Waals surface area contributed by atoms with E-state index < -0.39 is 5.97 Å². The zero-order valence-corrected chi connectivity index (χ0v) is 16.4. The first kappa shape index (κ1) is 19.1. The van der Waals surface area contributed by atoms with E-state index in [1.54, 1.807) is 28.8 Å². The van der Waals surface area contributed by atoms with Crippen molar-refractivity contribution in [3.05, 3.63) is 59.0 Å². The lowest BCUT2D eigenvalue weighted by Gasteiger charge is -2.12.